The molecule has 16 heavy (non-hydrogen) atoms. The second-order valence-corrected chi connectivity index (χ2v) is 4.98. The molecule has 0 radical (unpaired) electrons. The molecule has 0 saturated carbocycles. The normalized spacial score (nSPS) is 32.8. The Labute approximate surface area is 97.0 Å². The standard InChI is InChI=1S/C12H22N2O2/c1-9(15)11-6-2-3-8-14(11)12(16)10-5-4-7-13-10/h9-11,13,15H,2-8H2,1H3/t9-,10-,11+/m0/s1. The summed E-state index contributed by atoms with van der Waals surface area (Å²) in [6, 6.07) is 0.0306. The third-order valence-electron chi connectivity index (χ3n) is 3.75. The van der Waals surface area contributed by atoms with Crippen LogP contribution in [0.1, 0.15) is 39.0 Å². The van der Waals surface area contributed by atoms with Crippen molar-refractivity contribution in [3.8, 4) is 0 Å². The molecule has 2 fully saturated rings. The summed E-state index contributed by atoms with van der Waals surface area (Å²) in [5.74, 6) is 0.197. The molecule has 3 atom stereocenters. The maximum absolute atomic E-state index is 12.3. The molecule has 92 valence electrons. The molecule has 1 amide bonds. The minimum absolute atomic E-state index is 0.000602. The third-order valence-corrected chi connectivity index (χ3v) is 3.75. The second-order valence-electron chi connectivity index (χ2n) is 4.98. The lowest BCUT2D eigenvalue weighted by atomic mass is 9.97. The largest absolute Gasteiger partial charge is 0.391 e. The minimum Gasteiger partial charge on any atom is -0.391 e. The number of likely N-dealkylation sites (tertiary alicyclic amines) is 1. The van der Waals surface area contributed by atoms with Gasteiger partial charge in [-0.2, -0.15) is 0 Å². The van der Waals surface area contributed by atoms with Gasteiger partial charge in [-0.3, -0.25) is 4.79 Å². The molecule has 2 aliphatic heterocycles. The van der Waals surface area contributed by atoms with Crippen molar-refractivity contribution in [3.63, 3.8) is 0 Å². The summed E-state index contributed by atoms with van der Waals surface area (Å²) in [5, 5.41) is 13.0. The molecule has 4 nitrogen and oxygen atoms in total. The van der Waals surface area contributed by atoms with Crippen molar-refractivity contribution in [1.82, 2.24) is 10.2 Å². The van der Waals surface area contributed by atoms with Gasteiger partial charge in [-0.25, -0.2) is 0 Å². The second kappa shape index (κ2) is 5.15. The van der Waals surface area contributed by atoms with E-state index in [1.54, 1.807) is 6.92 Å². The molecule has 0 aromatic carbocycles. The van der Waals surface area contributed by atoms with E-state index in [0.29, 0.717) is 0 Å². The number of piperidine rings is 1. The lowest BCUT2D eigenvalue weighted by Crippen LogP contribution is -2.53. The molecule has 0 bridgehead atoms. The molecule has 0 spiro atoms. The average Bonchev–Trinajstić information content (AvgIpc) is 2.81. The Morgan fingerprint density at radius 2 is 2.19 bits per heavy atom. The van der Waals surface area contributed by atoms with E-state index < -0.39 is 6.10 Å². The first-order chi connectivity index (χ1) is 7.70. The zero-order valence-corrected chi connectivity index (χ0v) is 9.98. The maximum atomic E-state index is 12.3. The van der Waals surface area contributed by atoms with Crippen LogP contribution >= 0.6 is 0 Å². The zero-order chi connectivity index (χ0) is 11.5. The Bertz CT molecular complexity index is 249. The van der Waals surface area contributed by atoms with Gasteiger partial charge in [0.25, 0.3) is 0 Å². The van der Waals surface area contributed by atoms with Crippen molar-refractivity contribution < 1.29 is 9.90 Å². The van der Waals surface area contributed by atoms with Crippen molar-refractivity contribution in [1.29, 1.82) is 0 Å². The van der Waals surface area contributed by atoms with E-state index in [0.717, 1.165) is 45.2 Å². The molecule has 2 rings (SSSR count). The highest BCUT2D eigenvalue weighted by Crippen LogP contribution is 2.22. The Balaban J connectivity index is 2.01. The number of hydrogen-bond donors (Lipinski definition) is 2. The fourth-order valence-electron chi connectivity index (χ4n) is 2.83. The predicted molar refractivity (Wildman–Crippen MR) is 62.1 cm³/mol. The van der Waals surface area contributed by atoms with E-state index in [2.05, 4.69) is 5.32 Å². The lowest BCUT2D eigenvalue weighted by Gasteiger charge is -2.38. The fourth-order valence-corrected chi connectivity index (χ4v) is 2.83. The van der Waals surface area contributed by atoms with Gasteiger partial charge in [0, 0.05) is 6.54 Å². The maximum Gasteiger partial charge on any atom is 0.240 e. The first-order valence-electron chi connectivity index (χ1n) is 6.42. The number of carbonyl (C=O) groups is 1. The van der Waals surface area contributed by atoms with Gasteiger partial charge in [0.2, 0.25) is 5.91 Å². The predicted octanol–water partition coefficient (Wildman–Crippen LogP) is 0.500. The first kappa shape index (κ1) is 11.9. The number of rotatable bonds is 2. The molecular formula is C12H22N2O2. The van der Waals surface area contributed by atoms with E-state index in [1.807, 2.05) is 4.90 Å². The molecule has 0 unspecified atom stereocenters. The average molecular weight is 226 g/mol. The Morgan fingerprint density at radius 1 is 1.38 bits per heavy atom. The van der Waals surface area contributed by atoms with Crippen LogP contribution in [0.25, 0.3) is 0 Å². The van der Waals surface area contributed by atoms with E-state index >= 15 is 0 Å². The van der Waals surface area contributed by atoms with E-state index in [-0.39, 0.29) is 18.0 Å². The summed E-state index contributed by atoms with van der Waals surface area (Å²) in [7, 11) is 0. The quantitative estimate of drug-likeness (QED) is 0.721. The number of nitrogens with zero attached hydrogens (tertiary/aromatic N) is 1. The van der Waals surface area contributed by atoms with Crippen LogP contribution in [0, 0.1) is 0 Å². The molecular weight excluding hydrogens is 204 g/mol. The van der Waals surface area contributed by atoms with Crippen molar-refractivity contribution >= 4 is 5.91 Å². The number of nitrogens with one attached hydrogen (secondary N) is 1. The number of carbonyl (C=O) groups excluding carboxylic acids is 1. The highest BCUT2D eigenvalue weighted by molar-refractivity contribution is 5.82. The van der Waals surface area contributed by atoms with Crippen molar-refractivity contribution in [2.24, 2.45) is 0 Å². The van der Waals surface area contributed by atoms with Gasteiger partial charge in [-0.1, -0.05) is 0 Å². The van der Waals surface area contributed by atoms with E-state index in [4.69, 9.17) is 0 Å². The monoisotopic (exact) mass is 226 g/mol. The van der Waals surface area contributed by atoms with Gasteiger partial charge in [0.1, 0.15) is 0 Å². The van der Waals surface area contributed by atoms with Gasteiger partial charge in [-0.15, -0.1) is 0 Å². The summed E-state index contributed by atoms with van der Waals surface area (Å²) in [6.07, 6.45) is 4.76. The third kappa shape index (κ3) is 2.38. The van der Waals surface area contributed by atoms with Crippen LogP contribution in [0.2, 0.25) is 0 Å². The van der Waals surface area contributed by atoms with Gasteiger partial charge in [-0.05, 0) is 45.6 Å². The molecule has 2 N–H and O–H groups in total. The van der Waals surface area contributed by atoms with E-state index in [9.17, 15) is 9.90 Å². The van der Waals surface area contributed by atoms with Crippen molar-refractivity contribution in [2.45, 2.75) is 57.2 Å². The molecule has 0 aromatic rings. The van der Waals surface area contributed by atoms with Crippen LogP contribution in [0.4, 0.5) is 0 Å². The Kier molecular flexibility index (Phi) is 3.82. The summed E-state index contributed by atoms with van der Waals surface area (Å²) in [6.45, 7) is 3.55. The summed E-state index contributed by atoms with van der Waals surface area (Å²) in [4.78, 5) is 14.2. The van der Waals surface area contributed by atoms with E-state index in [1.165, 1.54) is 0 Å². The number of hydrogen-bond acceptors (Lipinski definition) is 3. The molecule has 2 aliphatic rings. The van der Waals surface area contributed by atoms with Crippen LogP contribution in [-0.4, -0.2) is 47.2 Å². The molecule has 4 heteroatoms. The number of amides is 1. The lowest BCUT2D eigenvalue weighted by molar-refractivity contribution is -0.139. The van der Waals surface area contributed by atoms with Crippen LogP contribution in [0.5, 0.6) is 0 Å². The van der Waals surface area contributed by atoms with Gasteiger partial charge < -0.3 is 15.3 Å². The molecule has 2 saturated heterocycles. The van der Waals surface area contributed by atoms with Crippen molar-refractivity contribution in [3.05, 3.63) is 0 Å². The SMILES string of the molecule is C[C@H](O)[C@H]1CCCCN1C(=O)[C@@H]1CCCN1. The summed E-state index contributed by atoms with van der Waals surface area (Å²) >= 11 is 0. The highest BCUT2D eigenvalue weighted by atomic mass is 16.3. The minimum atomic E-state index is -0.411. The molecule has 0 aliphatic carbocycles. The van der Waals surface area contributed by atoms with Crippen LogP contribution in [-0.2, 0) is 4.79 Å². The Hall–Kier alpha value is -0.610. The smallest absolute Gasteiger partial charge is 0.240 e. The van der Waals surface area contributed by atoms with Gasteiger partial charge in [0.15, 0.2) is 0 Å². The highest BCUT2D eigenvalue weighted by Gasteiger charge is 2.34. The summed E-state index contributed by atoms with van der Waals surface area (Å²) in [5.41, 5.74) is 0. The molecule has 0 aromatic heterocycles. The Morgan fingerprint density at radius 3 is 2.81 bits per heavy atom. The molecule has 2 heterocycles. The number of aliphatic hydroxyl groups excluding tert-OH is 1. The fraction of sp³-hybridized carbons (Fsp3) is 0.917. The van der Waals surface area contributed by atoms with Crippen molar-refractivity contribution in [2.75, 3.05) is 13.1 Å². The topological polar surface area (TPSA) is 52.6 Å². The van der Waals surface area contributed by atoms with Gasteiger partial charge in [0.05, 0.1) is 18.2 Å². The van der Waals surface area contributed by atoms with Gasteiger partial charge >= 0.3 is 0 Å². The van der Waals surface area contributed by atoms with Crippen LogP contribution in [0.15, 0.2) is 0 Å². The van der Waals surface area contributed by atoms with Crippen LogP contribution in [0.3, 0.4) is 0 Å². The van der Waals surface area contributed by atoms with Crippen LogP contribution < -0.4 is 5.32 Å². The zero-order valence-electron chi connectivity index (χ0n) is 9.98. The summed E-state index contributed by atoms with van der Waals surface area (Å²) < 4.78 is 0. The first-order valence-corrected chi connectivity index (χ1v) is 6.42. The number of aliphatic hydroxyl groups is 1.